The number of allylic oxidation sites excluding steroid dienone is 1. The van der Waals surface area contributed by atoms with E-state index in [0.29, 0.717) is 32.1 Å². The SMILES string of the molecule is CC(=O)[C@H]1CC[C@@H]2[C@]1(C)C[C@@H]1O[C@@]13[C@@]21C=C[C@]2(C[C@@H](O)CC[C@]32C)[C@H](C(=O)O)[C@@H]1C(=O)O. The minimum absolute atomic E-state index is 0.123. The van der Waals surface area contributed by atoms with Crippen LogP contribution < -0.4 is 0 Å². The van der Waals surface area contributed by atoms with Crippen LogP contribution in [0.1, 0.15) is 59.3 Å². The zero-order chi connectivity index (χ0) is 23.1. The lowest BCUT2D eigenvalue weighted by molar-refractivity contribution is -0.252. The molecule has 0 amide bonds. The maximum absolute atomic E-state index is 13.0. The summed E-state index contributed by atoms with van der Waals surface area (Å²) in [5.41, 5.74) is -3.69. The predicted molar refractivity (Wildman–Crippen MR) is 111 cm³/mol. The minimum atomic E-state index is -1.15. The normalized spacial score (nSPS) is 58.9. The summed E-state index contributed by atoms with van der Waals surface area (Å²) >= 11 is 0. The number of epoxide rings is 1. The molecule has 4 saturated carbocycles. The first-order valence-electron chi connectivity index (χ1n) is 12.0. The summed E-state index contributed by atoms with van der Waals surface area (Å²) in [6, 6.07) is 0. The van der Waals surface area contributed by atoms with Gasteiger partial charge in [-0.3, -0.25) is 14.4 Å². The van der Waals surface area contributed by atoms with Crippen molar-refractivity contribution in [3.8, 4) is 0 Å². The van der Waals surface area contributed by atoms with E-state index in [-0.39, 0.29) is 30.1 Å². The van der Waals surface area contributed by atoms with E-state index in [4.69, 9.17) is 4.74 Å². The molecule has 1 aliphatic heterocycles. The molecule has 0 aromatic heterocycles. The number of aliphatic hydroxyl groups is 1. The topological polar surface area (TPSA) is 124 Å². The average molecular weight is 445 g/mol. The Balaban J connectivity index is 1.66. The number of ether oxygens (including phenoxy) is 1. The van der Waals surface area contributed by atoms with Crippen molar-refractivity contribution in [1.29, 1.82) is 0 Å². The number of Topliss-reactive ketones (excluding diaryl/α,β-unsaturated/α-hetero) is 1. The first kappa shape index (κ1) is 20.8. The average Bonchev–Trinajstić information content (AvgIpc) is 3.31. The molecule has 0 unspecified atom stereocenters. The number of carbonyl (C=O) groups is 3. The van der Waals surface area contributed by atoms with Crippen LogP contribution in [0.2, 0.25) is 0 Å². The number of hydrogen-bond donors (Lipinski definition) is 3. The smallest absolute Gasteiger partial charge is 0.308 e. The molecular formula is C25H32O7. The van der Waals surface area contributed by atoms with E-state index in [1.165, 1.54) is 0 Å². The van der Waals surface area contributed by atoms with Crippen molar-refractivity contribution < 1.29 is 34.4 Å². The van der Waals surface area contributed by atoms with Gasteiger partial charge in [0.1, 0.15) is 11.4 Å². The van der Waals surface area contributed by atoms with Gasteiger partial charge in [-0.15, -0.1) is 0 Å². The summed E-state index contributed by atoms with van der Waals surface area (Å²) in [6.07, 6.45) is 6.62. The van der Waals surface area contributed by atoms with Crippen molar-refractivity contribution in [2.24, 2.45) is 45.3 Å². The van der Waals surface area contributed by atoms with E-state index in [9.17, 15) is 29.7 Å². The second kappa shape index (κ2) is 5.66. The fourth-order valence-corrected chi connectivity index (χ4v) is 10.5. The summed E-state index contributed by atoms with van der Waals surface area (Å²) < 4.78 is 6.63. The molecule has 7 heteroatoms. The van der Waals surface area contributed by atoms with E-state index in [1.807, 2.05) is 12.2 Å². The Morgan fingerprint density at radius 1 is 0.969 bits per heavy atom. The number of rotatable bonds is 3. The maximum Gasteiger partial charge on any atom is 0.308 e. The van der Waals surface area contributed by atoms with Gasteiger partial charge in [0.15, 0.2) is 0 Å². The molecule has 0 aromatic carbocycles. The standard InChI is InChI=1S/C25H32O7/c1-12(26)14-4-5-15-21(14,2)11-16-25(32-16)22(3)7-6-13(27)10-23(22)8-9-24(15,25)18(20(30)31)17(23)19(28)29/h8-9,13-18,27H,4-7,10-11H2,1-3H3,(H,28,29)(H,30,31)/t13-,14+,15+,16-,17-,18+,21+,22-,23-,24-,25-/m0/s1. The van der Waals surface area contributed by atoms with Crippen molar-refractivity contribution in [2.45, 2.75) is 77.1 Å². The van der Waals surface area contributed by atoms with Crippen molar-refractivity contribution in [3.63, 3.8) is 0 Å². The van der Waals surface area contributed by atoms with Gasteiger partial charge >= 0.3 is 11.9 Å². The highest BCUT2D eigenvalue weighted by atomic mass is 16.6. The van der Waals surface area contributed by atoms with Crippen LogP contribution >= 0.6 is 0 Å². The zero-order valence-electron chi connectivity index (χ0n) is 18.8. The molecule has 3 N–H and O–H groups in total. The van der Waals surface area contributed by atoms with Crippen molar-refractivity contribution in [2.75, 3.05) is 0 Å². The Labute approximate surface area is 187 Å². The zero-order valence-corrected chi connectivity index (χ0v) is 18.8. The Morgan fingerprint density at radius 2 is 1.66 bits per heavy atom. The quantitative estimate of drug-likeness (QED) is 0.451. The van der Waals surface area contributed by atoms with E-state index in [1.54, 1.807) is 6.92 Å². The molecule has 7 aliphatic rings. The highest BCUT2D eigenvalue weighted by Gasteiger charge is 2.93. The number of fused-ring (bicyclic) bond motifs is 2. The lowest BCUT2D eigenvalue weighted by Crippen LogP contribution is -2.78. The summed E-state index contributed by atoms with van der Waals surface area (Å²) in [7, 11) is 0. The van der Waals surface area contributed by atoms with Crippen LogP contribution in [0.5, 0.6) is 0 Å². The minimum Gasteiger partial charge on any atom is -0.481 e. The molecule has 7 nitrogen and oxygen atoms in total. The van der Waals surface area contributed by atoms with Crippen LogP contribution in [0.3, 0.4) is 0 Å². The molecule has 1 heterocycles. The van der Waals surface area contributed by atoms with E-state index in [0.717, 1.165) is 0 Å². The van der Waals surface area contributed by atoms with Gasteiger partial charge in [0.05, 0.1) is 24.0 Å². The number of aliphatic carboxylic acids is 2. The number of ketones is 1. The molecule has 32 heavy (non-hydrogen) atoms. The Morgan fingerprint density at radius 3 is 2.28 bits per heavy atom. The van der Waals surface area contributed by atoms with E-state index >= 15 is 0 Å². The number of aliphatic hydroxyl groups excluding tert-OH is 1. The summed E-state index contributed by atoms with van der Waals surface area (Å²) in [6.45, 7) is 5.81. The van der Waals surface area contributed by atoms with Crippen molar-refractivity contribution >= 4 is 17.7 Å². The highest BCUT2D eigenvalue weighted by Crippen LogP contribution is 2.87. The largest absolute Gasteiger partial charge is 0.481 e. The van der Waals surface area contributed by atoms with Gasteiger partial charge in [0.2, 0.25) is 0 Å². The molecule has 2 bridgehead atoms. The molecule has 5 fully saturated rings. The maximum atomic E-state index is 13.0. The summed E-state index contributed by atoms with van der Waals surface area (Å²) in [5, 5.41) is 31.7. The van der Waals surface area contributed by atoms with Crippen LogP contribution in [0.15, 0.2) is 12.2 Å². The van der Waals surface area contributed by atoms with Crippen LogP contribution in [0.25, 0.3) is 0 Å². The summed E-state index contributed by atoms with van der Waals surface area (Å²) in [4.78, 5) is 38.4. The van der Waals surface area contributed by atoms with Gasteiger partial charge in [0.25, 0.3) is 0 Å². The lowest BCUT2D eigenvalue weighted by atomic mass is 9.27. The second-order valence-electron chi connectivity index (χ2n) is 12.0. The van der Waals surface area contributed by atoms with Crippen LogP contribution in [0, 0.1) is 45.3 Å². The molecule has 0 aromatic rings. The third kappa shape index (κ3) is 1.79. The monoisotopic (exact) mass is 444 g/mol. The van der Waals surface area contributed by atoms with Crippen molar-refractivity contribution in [1.82, 2.24) is 0 Å². The Bertz CT molecular complexity index is 989. The molecule has 6 aliphatic carbocycles. The molecule has 1 saturated heterocycles. The van der Waals surface area contributed by atoms with Crippen LogP contribution in [0.4, 0.5) is 0 Å². The van der Waals surface area contributed by atoms with Crippen molar-refractivity contribution in [3.05, 3.63) is 12.2 Å². The van der Waals surface area contributed by atoms with Crippen LogP contribution in [-0.2, 0) is 19.1 Å². The lowest BCUT2D eigenvalue weighted by Gasteiger charge is -2.73. The molecule has 7 rings (SSSR count). The molecule has 11 atom stereocenters. The molecule has 174 valence electrons. The van der Waals surface area contributed by atoms with E-state index in [2.05, 4.69) is 13.8 Å². The fraction of sp³-hybridized carbons (Fsp3) is 0.800. The second-order valence-corrected chi connectivity index (χ2v) is 12.0. The van der Waals surface area contributed by atoms with Gasteiger partial charge in [-0.2, -0.15) is 0 Å². The van der Waals surface area contributed by atoms with Gasteiger partial charge < -0.3 is 20.1 Å². The molecule has 3 spiro atoms. The summed E-state index contributed by atoms with van der Waals surface area (Å²) in [5.74, 6) is -4.68. The van der Waals surface area contributed by atoms with Crippen LogP contribution in [-0.4, -0.2) is 50.9 Å². The molecule has 0 radical (unpaired) electrons. The van der Waals surface area contributed by atoms with Gasteiger partial charge in [-0.25, -0.2) is 0 Å². The molecular weight excluding hydrogens is 412 g/mol. The number of hydrogen-bond acceptors (Lipinski definition) is 5. The Hall–Kier alpha value is -1.73. The fourth-order valence-electron chi connectivity index (χ4n) is 10.5. The Kier molecular flexibility index (Phi) is 3.69. The predicted octanol–water partition coefficient (Wildman–Crippen LogP) is 2.66. The first-order chi connectivity index (χ1) is 14.9. The van der Waals surface area contributed by atoms with Gasteiger partial charge in [-0.1, -0.05) is 26.0 Å². The number of carboxylic acid groups (broad SMARTS) is 2. The number of carbonyl (C=O) groups excluding carboxylic acids is 1. The highest BCUT2D eigenvalue weighted by molar-refractivity contribution is 5.85. The van der Waals surface area contributed by atoms with E-state index < -0.39 is 57.1 Å². The van der Waals surface area contributed by atoms with Gasteiger partial charge in [-0.05, 0) is 56.8 Å². The third-order valence-corrected chi connectivity index (χ3v) is 11.4. The third-order valence-electron chi connectivity index (χ3n) is 11.4. The first-order valence-corrected chi connectivity index (χ1v) is 12.0. The number of carboxylic acids is 2. The van der Waals surface area contributed by atoms with Gasteiger partial charge in [0, 0.05) is 22.2 Å².